The normalized spacial score (nSPS) is 12.2. The van der Waals surface area contributed by atoms with Crippen LogP contribution in [0.3, 0.4) is 0 Å². The molecule has 0 bridgehead atoms. The summed E-state index contributed by atoms with van der Waals surface area (Å²) in [5, 5.41) is 13.5. The van der Waals surface area contributed by atoms with Crippen molar-refractivity contribution in [3.8, 4) is 0 Å². The van der Waals surface area contributed by atoms with Gasteiger partial charge in [0.2, 0.25) is 0 Å². The van der Waals surface area contributed by atoms with Gasteiger partial charge in [-0.1, -0.05) is 36.4 Å². The number of anilines is 1. The minimum Gasteiger partial charge on any atom is -0.481 e. The summed E-state index contributed by atoms with van der Waals surface area (Å²) in [7, 11) is 0. The van der Waals surface area contributed by atoms with Crippen LogP contribution in [0.15, 0.2) is 60.8 Å². The topological polar surface area (TPSA) is 65.1 Å². The number of para-hydroxylation sites is 2. The first kappa shape index (κ1) is 13.2. The molecule has 1 heterocycles. The highest BCUT2D eigenvalue weighted by atomic mass is 16.4. The van der Waals surface area contributed by atoms with Crippen molar-refractivity contribution in [2.75, 3.05) is 5.32 Å². The molecule has 0 saturated heterocycles. The van der Waals surface area contributed by atoms with E-state index in [0.717, 1.165) is 22.2 Å². The fourth-order valence-corrected chi connectivity index (χ4v) is 2.53. The predicted octanol–water partition coefficient (Wildman–Crippen LogP) is 3.80. The van der Waals surface area contributed by atoms with Gasteiger partial charge in [-0.25, -0.2) is 0 Å². The Labute approximate surface area is 122 Å². The van der Waals surface area contributed by atoms with E-state index >= 15 is 0 Å². The number of carboxylic acids is 1. The summed E-state index contributed by atoms with van der Waals surface area (Å²) in [6, 6.07) is 17.3. The van der Waals surface area contributed by atoms with Gasteiger partial charge in [-0.3, -0.25) is 4.79 Å². The highest BCUT2D eigenvalue weighted by molar-refractivity contribution is 5.84. The van der Waals surface area contributed by atoms with Gasteiger partial charge in [0.25, 0.3) is 0 Å². The molecule has 0 aliphatic carbocycles. The number of rotatable bonds is 5. The molecule has 3 N–H and O–H groups in total. The Morgan fingerprint density at radius 2 is 1.81 bits per heavy atom. The van der Waals surface area contributed by atoms with Gasteiger partial charge in [0.05, 0.1) is 12.5 Å². The second-order valence-electron chi connectivity index (χ2n) is 4.95. The molecule has 3 rings (SSSR count). The van der Waals surface area contributed by atoms with Gasteiger partial charge in [-0.15, -0.1) is 0 Å². The van der Waals surface area contributed by atoms with Crippen molar-refractivity contribution in [3.05, 3.63) is 66.4 Å². The molecule has 21 heavy (non-hydrogen) atoms. The van der Waals surface area contributed by atoms with Crippen LogP contribution >= 0.6 is 0 Å². The van der Waals surface area contributed by atoms with Crippen LogP contribution in [0.25, 0.3) is 10.9 Å². The van der Waals surface area contributed by atoms with Gasteiger partial charge in [-0.2, -0.15) is 0 Å². The largest absolute Gasteiger partial charge is 0.481 e. The third-order valence-corrected chi connectivity index (χ3v) is 3.49. The monoisotopic (exact) mass is 280 g/mol. The molecule has 0 aliphatic rings. The van der Waals surface area contributed by atoms with E-state index in [1.54, 1.807) is 0 Å². The van der Waals surface area contributed by atoms with Gasteiger partial charge < -0.3 is 15.4 Å². The Morgan fingerprint density at radius 3 is 2.57 bits per heavy atom. The number of hydrogen-bond donors (Lipinski definition) is 3. The number of fused-ring (bicyclic) bond motifs is 1. The maximum absolute atomic E-state index is 11.2. The van der Waals surface area contributed by atoms with Crippen LogP contribution in [0.5, 0.6) is 0 Å². The van der Waals surface area contributed by atoms with E-state index in [4.69, 9.17) is 0 Å². The van der Waals surface area contributed by atoms with Gasteiger partial charge in [-0.05, 0) is 18.2 Å². The second-order valence-corrected chi connectivity index (χ2v) is 4.95. The average Bonchev–Trinajstić information content (AvgIpc) is 2.91. The van der Waals surface area contributed by atoms with Crippen LogP contribution in [0.1, 0.15) is 18.0 Å². The average molecular weight is 280 g/mol. The molecule has 0 saturated carbocycles. The summed E-state index contributed by atoms with van der Waals surface area (Å²) < 4.78 is 0. The molecule has 0 fully saturated rings. The standard InChI is InChI=1S/C17H16N2O2/c20-17(21)10-16(19-12-6-2-1-3-7-12)14-11-18-15-9-5-4-8-13(14)15/h1-9,11,16,18-19H,10H2,(H,20,21)/t16-/m0/s1. The molecule has 2 aromatic carbocycles. The predicted molar refractivity (Wildman–Crippen MR) is 83.4 cm³/mol. The van der Waals surface area contributed by atoms with E-state index in [-0.39, 0.29) is 12.5 Å². The van der Waals surface area contributed by atoms with Crippen molar-refractivity contribution in [1.82, 2.24) is 4.98 Å². The highest BCUT2D eigenvalue weighted by Crippen LogP contribution is 2.29. The zero-order valence-corrected chi connectivity index (χ0v) is 11.4. The van der Waals surface area contributed by atoms with Gasteiger partial charge in [0, 0.05) is 28.4 Å². The Balaban J connectivity index is 1.97. The number of nitrogens with one attached hydrogen (secondary N) is 2. The number of aromatic amines is 1. The molecule has 0 unspecified atom stereocenters. The number of carbonyl (C=O) groups is 1. The van der Waals surface area contributed by atoms with E-state index in [1.165, 1.54) is 0 Å². The zero-order valence-electron chi connectivity index (χ0n) is 11.4. The van der Waals surface area contributed by atoms with Crippen LogP contribution < -0.4 is 5.32 Å². The number of aliphatic carboxylic acids is 1. The first-order chi connectivity index (χ1) is 10.2. The lowest BCUT2D eigenvalue weighted by Crippen LogP contribution is -2.14. The lowest BCUT2D eigenvalue weighted by atomic mass is 10.0. The number of carboxylic acid groups (broad SMARTS) is 1. The molecular formula is C17H16N2O2. The maximum atomic E-state index is 11.2. The summed E-state index contributed by atoms with van der Waals surface area (Å²) in [5.41, 5.74) is 2.89. The molecular weight excluding hydrogens is 264 g/mol. The Kier molecular flexibility index (Phi) is 3.60. The summed E-state index contributed by atoms with van der Waals surface area (Å²) in [5.74, 6) is -0.825. The van der Waals surface area contributed by atoms with Crippen LogP contribution in [0, 0.1) is 0 Å². The first-order valence-corrected chi connectivity index (χ1v) is 6.83. The summed E-state index contributed by atoms with van der Waals surface area (Å²) in [6.07, 6.45) is 1.91. The molecule has 1 aromatic heterocycles. The number of benzene rings is 2. The Hall–Kier alpha value is -2.75. The molecule has 3 aromatic rings. The summed E-state index contributed by atoms with van der Waals surface area (Å²) in [4.78, 5) is 14.4. The van der Waals surface area contributed by atoms with Crippen LogP contribution in [0.4, 0.5) is 5.69 Å². The smallest absolute Gasteiger partial charge is 0.305 e. The lowest BCUT2D eigenvalue weighted by molar-refractivity contribution is -0.137. The SMILES string of the molecule is O=C(O)C[C@H](Nc1ccccc1)c1c[nH]c2ccccc12. The molecule has 4 nitrogen and oxygen atoms in total. The van der Waals surface area contributed by atoms with Crippen molar-refractivity contribution in [2.45, 2.75) is 12.5 Å². The molecule has 0 spiro atoms. The second kappa shape index (κ2) is 5.71. The van der Waals surface area contributed by atoms with E-state index in [0.29, 0.717) is 0 Å². The first-order valence-electron chi connectivity index (χ1n) is 6.83. The molecule has 1 atom stereocenters. The third kappa shape index (κ3) is 2.89. The minimum atomic E-state index is -0.825. The van der Waals surface area contributed by atoms with Crippen LogP contribution in [-0.2, 0) is 4.79 Å². The fourth-order valence-electron chi connectivity index (χ4n) is 2.53. The maximum Gasteiger partial charge on any atom is 0.305 e. The van der Waals surface area contributed by atoms with Gasteiger partial charge in [0.1, 0.15) is 0 Å². The van der Waals surface area contributed by atoms with Gasteiger partial charge >= 0.3 is 5.97 Å². The van der Waals surface area contributed by atoms with Crippen molar-refractivity contribution in [3.63, 3.8) is 0 Å². The minimum absolute atomic E-state index is 0.0245. The van der Waals surface area contributed by atoms with E-state index in [9.17, 15) is 9.90 Å². The highest BCUT2D eigenvalue weighted by Gasteiger charge is 2.18. The van der Waals surface area contributed by atoms with Crippen molar-refractivity contribution >= 4 is 22.6 Å². The van der Waals surface area contributed by atoms with E-state index in [1.807, 2.05) is 60.8 Å². The van der Waals surface area contributed by atoms with Crippen molar-refractivity contribution in [1.29, 1.82) is 0 Å². The fraction of sp³-hybridized carbons (Fsp3) is 0.118. The quantitative estimate of drug-likeness (QED) is 0.666. The van der Waals surface area contributed by atoms with E-state index in [2.05, 4.69) is 10.3 Å². The Morgan fingerprint density at radius 1 is 1.10 bits per heavy atom. The molecule has 0 radical (unpaired) electrons. The van der Waals surface area contributed by atoms with Crippen LogP contribution in [0.2, 0.25) is 0 Å². The molecule has 0 amide bonds. The molecule has 4 heteroatoms. The van der Waals surface area contributed by atoms with E-state index < -0.39 is 5.97 Å². The number of hydrogen-bond acceptors (Lipinski definition) is 2. The number of aromatic nitrogens is 1. The molecule has 106 valence electrons. The van der Waals surface area contributed by atoms with Crippen LogP contribution in [-0.4, -0.2) is 16.1 Å². The zero-order chi connectivity index (χ0) is 14.7. The van der Waals surface area contributed by atoms with Crippen molar-refractivity contribution in [2.24, 2.45) is 0 Å². The summed E-state index contributed by atoms with van der Waals surface area (Å²) in [6.45, 7) is 0. The Bertz CT molecular complexity index is 750. The lowest BCUT2D eigenvalue weighted by Gasteiger charge is -2.18. The molecule has 0 aliphatic heterocycles. The van der Waals surface area contributed by atoms with Crippen molar-refractivity contribution < 1.29 is 9.90 Å². The number of H-pyrrole nitrogens is 1. The third-order valence-electron chi connectivity index (χ3n) is 3.49. The van der Waals surface area contributed by atoms with Gasteiger partial charge in [0.15, 0.2) is 0 Å². The summed E-state index contributed by atoms with van der Waals surface area (Å²) >= 11 is 0.